The summed E-state index contributed by atoms with van der Waals surface area (Å²) in [4.78, 5) is 19.3. The number of nitrogens with zero attached hydrogens (tertiary/aromatic N) is 2. The molecule has 0 radical (unpaired) electrons. The first-order valence-electron chi connectivity index (χ1n) is 5.08. The minimum Gasteiger partial charge on any atom is -0.343 e. The number of thiazole rings is 1. The smallest absolute Gasteiger partial charge is 0.186 e. The van der Waals surface area contributed by atoms with Crippen LogP contribution in [0.1, 0.15) is 20.1 Å². The standard InChI is InChI=1S/C11H10N2OS2/c14-7-9-5-12-11(16-9)13-3-1-10-8(6-13)2-4-15-10/h2,4-5,7H,1,3,6H2. The van der Waals surface area contributed by atoms with E-state index in [2.05, 4.69) is 21.3 Å². The number of rotatable bonds is 2. The minimum absolute atomic E-state index is 0.700. The summed E-state index contributed by atoms with van der Waals surface area (Å²) in [5, 5.41) is 3.10. The number of carbonyl (C=O) groups is 1. The number of fused-ring (bicyclic) bond motifs is 1. The van der Waals surface area contributed by atoms with Crippen molar-refractivity contribution in [1.82, 2.24) is 4.98 Å². The topological polar surface area (TPSA) is 33.2 Å². The van der Waals surface area contributed by atoms with Gasteiger partial charge in [-0.2, -0.15) is 0 Å². The van der Waals surface area contributed by atoms with E-state index in [-0.39, 0.29) is 0 Å². The van der Waals surface area contributed by atoms with Crippen molar-refractivity contribution in [3.05, 3.63) is 33.0 Å². The summed E-state index contributed by atoms with van der Waals surface area (Å²) in [5.74, 6) is 0. The van der Waals surface area contributed by atoms with Gasteiger partial charge in [-0.15, -0.1) is 11.3 Å². The molecule has 1 aliphatic rings. The number of carbonyl (C=O) groups excluding carboxylic acids is 1. The van der Waals surface area contributed by atoms with Gasteiger partial charge >= 0.3 is 0 Å². The van der Waals surface area contributed by atoms with Crippen LogP contribution in [0.25, 0.3) is 0 Å². The zero-order valence-electron chi connectivity index (χ0n) is 8.55. The Morgan fingerprint density at radius 2 is 2.44 bits per heavy atom. The van der Waals surface area contributed by atoms with Gasteiger partial charge in [-0.05, 0) is 23.4 Å². The lowest BCUT2D eigenvalue weighted by Gasteiger charge is -2.26. The van der Waals surface area contributed by atoms with Crippen LogP contribution in [0, 0.1) is 0 Å². The van der Waals surface area contributed by atoms with Crippen molar-refractivity contribution in [2.75, 3.05) is 11.4 Å². The molecule has 0 bridgehead atoms. The molecule has 0 atom stereocenters. The Kier molecular flexibility index (Phi) is 2.49. The van der Waals surface area contributed by atoms with Gasteiger partial charge in [0, 0.05) is 18.0 Å². The van der Waals surface area contributed by atoms with Crippen molar-refractivity contribution in [3.8, 4) is 0 Å². The molecule has 0 N–H and O–H groups in total. The molecule has 0 saturated carbocycles. The molecular weight excluding hydrogens is 240 g/mol. The van der Waals surface area contributed by atoms with Crippen LogP contribution in [0.3, 0.4) is 0 Å². The molecule has 0 spiro atoms. The lowest BCUT2D eigenvalue weighted by molar-refractivity contribution is 0.112. The third-order valence-electron chi connectivity index (χ3n) is 2.71. The van der Waals surface area contributed by atoms with Crippen LogP contribution in [0.5, 0.6) is 0 Å². The van der Waals surface area contributed by atoms with E-state index >= 15 is 0 Å². The van der Waals surface area contributed by atoms with Crippen molar-refractivity contribution >= 4 is 34.1 Å². The minimum atomic E-state index is 0.700. The monoisotopic (exact) mass is 250 g/mol. The summed E-state index contributed by atoms with van der Waals surface area (Å²) < 4.78 is 0. The zero-order valence-corrected chi connectivity index (χ0v) is 10.2. The highest BCUT2D eigenvalue weighted by atomic mass is 32.1. The lowest BCUT2D eigenvalue weighted by atomic mass is 10.1. The predicted octanol–water partition coefficient (Wildman–Crippen LogP) is 2.58. The van der Waals surface area contributed by atoms with E-state index in [9.17, 15) is 4.79 Å². The molecule has 82 valence electrons. The van der Waals surface area contributed by atoms with Gasteiger partial charge in [0.25, 0.3) is 0 Å². The van der Waals surface area contributed by atoms with E-state index in [1.165, 1.54) is 21.8 Å². The largest absolute Gasteiger partial charge is 0.343 e. The maximum Gasteiger partial charge on any atom is 0.186 e. The third kappa shape index (κ3) is 1.66. The van der Waals surface area contributed by atoms with Crippen LogP contribution in [-0.2, 0) is 13.0 Å². The highest BCUT2D eigenvalue weighted by molar-refractivity contribution is 7.17. The van der Waals surface area contributed by atoms with Gasteiger partial charge in [-0.3, -0.25) is 4.79 Å². The summed E-state index contributed by atoms with van der Waals surface area (Å²) in [6.45, 7) is 1.92. The Morgan fingerprint density at radius 1 is 1.50 bits per heavy atom. The molecule has 3 heterocycles. The average Bonchev–Trinajstić information content (AvgIpc) is 2.96. The lowest BCUT2D eigenvalue weighted by Crippen LogP contribution is -2.29. The van der Waals surface area contributed by atoms with Crippen molar-refractivity contribution in [1.29, 1.82) is 0 Å². The van der Waals surface area contributed by atoms with E-state index in [1.807, 2.05) is 11.3 Å². The zero-order chi connectivity index (χ0) is 11.0. The highest BCUT2D eigenvalue weighted by Crippen LogP contribution is 2.29. The molecule has 3 nitrogen and oxygen atoms in total. The van der Waals surface area contributed by atoms with Crippen LogP contribution < -0.4 is 4.90 Å². The molecule has 2 aromatic rings. The number of hydrogen-bond acceptors (Lipinski definition) is 5. The van der Waals surface area contributed by atoms with E-state index in [0.29, 0.717) is 4.88 Å². The maximum atomic E-state index is 10.6. The summed E-state index contributed by atoms with van der Waals surface area (Å²) in [5.41, 5.74) is 1.40. The molecule has 16 heavy (non-hydrogen) atoms. The van der Waals surface area contributed by atoms with E-state index < -0.39 is 0 Å². The summed E-state index contributed by atoms with van der Waals surface area (Å²) >= 11 is 3.30. The molecule has 0 saturated heterocycles. The Morgan fingerprint density at radius 3 is 3.25 bits per heavy atom. The van der Waals surface area contributed by atoms with E-state index in [4.69, 9.17) is 0 Å². The highest BCUT2D eigenvalue weighted by Gasteiger charge is 2.19. The van der Waals surface area contributed by atoms with E-state index in [1.54, 1.807) is 6.20 Å². The fraction of sp³-hybridized carbons (Fsp3) is 0.273. The molecule has 3 rings (SSSR count). The van der Waals surface area contributed by atoms with Crippen LogP contribution >= 0.6 is 22.7 Å². The molecule has 0 amide bonds. The van der Waals surface area contributed by atoms with Gasteiger partial charge in [-0.25, -0.2) is 4.98 Å². The van der Waals surface area contributed by atoms with Gasteiger partial charge < -0.3 is 4.90 Å². The molecule has 0 aliphatic carbocycles. The first kappa shape index (κ1) is 9.99. The number of thiophene rings is 1. The van der Waals surface area contributed by atoms with Gasteiger partial charge in [0.15, 0.2) is 11.4 Å². The second-order valence-electron chi connectivity index (χ2n) is 3.70. The SMILES string of the molecule is O=Cc1cnc(N2CCc3sccc3C2)s1. The first-order chi connectivity index (χ1) is 7.86. The first-order valence-corrected chi connectivity index (χ1v) is 6.77. The number of aldehydes is 1. The van der Waals surface area contributed by atoms with Gasteiger partial charge in [0.1, 0.15) is 0 Å². The summed E-state index contributed by atoms with van der Waals surface area (Å²) in [7, 11) is 0. The van der Waals surface area contributed by atoms with Gasteiger partial charge in [0.05, 0.1) is 11.1 Å². The predicted molar refractivity (Wildman–Crippen MR) is 66.6 cm³/mol. The van der Waals surface area contributed by atoms with Gasteiger partial charge in [-0.1, -0.05) is 11.3 Å². The molecule has 2 aromatic heterocycles. The summed E-state index contributed by atoms with van der Waals surface area (Å²) in [6.07, 6.45) is 3.60. The normalized spacial score (nSPS) is 14.9. The maximum absolute atomic E-state index is 10.6. The van der Waals surface area contributed by atoms with Gasteiger partial charge in [0.2, 0.25) is 0 Å². The Bertz CT molecular complexity index is 518. The fourth-order valence-corrected chi connectivity index (χ4v) is 3.53. The van der Waals surface area contributed by atoms with Crippen molar-refractivity contribution in [2.24, 2.45) is 0 Å². The molecule has 1 aliphatic heterocycles. The Labute approximate surface area is 101 Å². The van der Waals surface area contributed by atoms with E-state index in [0.717, 1.165) is 30.9 Å². The Balaban J connectivity index is 1.85. The van der Waals surface area contributed by atoms with Crippen molar-refractivity contribution in [2.45, 2.75) is 13.0 Å². The Hall–Kier alpha value is -1.20. The average molecular weight is 250 g/mol. The van der Waals surface area contributed by atoms with Crippen LogP contribution in [0.2, 0.25) is 0 Å². The number of aromatic nitrogens is 1. The van der Waals surface area contributed by atoms with Crippen molar-refractivity contribution in [3.63, 3.8) is 0 Å². The third-order valence-corrected chi connectivity index (χ3v) is 4.71. The molecular formula is C11H10N2OS2. The number of hydrogen-bond donors (Lipinski definition) is 0. The molecule has 0 fully saturated rings. The fourth-order valence-electron chi connectivity index (χ4n) is 1.89. The van der Waals surface area contributed by atoms with Crippen LogP contribution in [-0.4, -0.2) is 17.8 Å². The second-order valence-corrected chi connectivity index (χ2v) is 5.74. The molecule has 5 heteroatoms. The number of anilines is 1. The molecule has 0 unspecified atom stereocenters. The second kappa shape index (κ2) is 3.99. The summed E-state index contributed by atoms with van der Waals surface area (Å²) in [6, 6.07) is 2.18. The van der Waals surface area contributed by atoms with Crippen LogP contribution in [0.4, 0.5) is 5.13 Å². The molecule has 0 aromatic carbocycles. The van der Waals surface area contributed by atoms with Crippen molar-refractivity contribution < 1.29 is 4.79 Å². The van der Waals surface area contributed by atoms with Crippen LogP contribution in [0.15, 0.2) is 17.6 Å². The quantitative estimate of drug-likeness (QED) is 0.768.